The number of hydrogen-bond donors (Lipinski definition) is 1. The molecule has 1 aliphatic heterocycles. The summed E-state index contributed by atoms with van der Waals surface area (Å²) in [6.07, 6.45) is 2.67. The standard InChI is InChI=1S/C14H18Br2N4O4/c1-2-3-5-24-14(22)20-4-6-23-8-9(20)13(21)19-12-11(16)18-10(15)7-17-12/h7,9H,2-6,8H2,1H3,(H,17,19,21). The molecule has 0 aliphatic carbocycles. The summed E-state index contributed by atoms with van der Waals surface area (Å²) in [7, 11) is 0. The molecule has 1 fully saturated rings. The third kappa shape index (κ3) is 5.12. The zero-order valence-corrected chi connectivity index (χ0v) is 16.3. The van der Waals surface area contributed by atoms with Crippen molar-refractivity contribution in [3.8, 4) is 0 Å². The van der Waals surface area contributed by atoms with E-state index in [1.54, 1.807) is 0 Å². The lowest BCUT2D eigenvalue weighted by Crippen LogP contribution is -2.54. The number of carbonyl (C=O) groups excluding carboxylic acids is 2. The molecule has 0 radical (unpaired) electrons. The van der Waals surface area contributed by atoms with Gasteiger partial charge in [-0.25, -0.2) is 14.8 Å². The molecule has 1 saturated heterocycles. The Kier molecular flexibility index (Phi) is 7.38. The van der Waals surface area contributed by atoms with Gasteiger partial charge in [-0.3, -0.25) is 9.69 Å². The van der Waals surface area contributed by atoms with E-state index in [-0.39, 0.29) is 12.4 Å². The maximum Gasteiger partial charge on any atom is 0.410 e. The smallest absolute Gasteiger partial charge is 0.410 e. The van der Waals surface area contributed by atoms with Crippen LogP contribution in [0.1, 0.15) is 19.8 Å². The van der Waals surface area contributed by atoms with Gasteiger partial charge in [0.1, 0.15) is 15.2 Å². The summed E-state index contributed by atoms with van der Waals surface area (Å²) < 4.78 is 11.5. The first-order valence-electron chi connectivity index (χ1n) is 7.53. The van der Waals surface area contributed by atoms with Gasteiger partial charge in [0.2, 0.25) is 0 Å². The van der Waals surface area contributed by atoms with E-state index < -0.39 is 18.0 Å². The summed E-state index contributed by atoms with van der Waals surface area (Å²) in [6, 6.07) is -0.773. The summed E-state index contributed by atoms with van der Waals surface area (Å²) in [5, 5.41) is 2.65. The highest BCUT2D eigenvalue weighted by Gasteiger charge is 2.34. The van der Waals surface area contributed by atoms with Crippen molar-refractivity contribution in [2.24, 2.45) is 0 Å². The molecule has 0 aromatic carbocycles. The van der Waals surface area contributed by atoms with Crippen molar-refractivity contribution in [3.63, 3.8) is 0 Å². The first kappa shape index (κ1) is 19.1. The molecule has 24 heavy (non-hydrogen) atoms. The van der Waals surface area contributed by atoms with E-state index in [2.05, 4.69) is 47.1 Å². The van der Waals surface area contributed by atoms with Gasteiger partial charge in [-0.2, -0.15) is 0 Å². The predicted octanol–water partition coefficient (Wildman–Crippen LogP) is 2.58. The molecule has 8 nitrogen and oxygen atoms in total. The van der Waals surface area contributed by atoms with Crippen LogP contribution in [0.2, 0.25) is 0 Å². The van der Waals surface area contributed by atoms with Crippen LogP contribution in [0.4, 0.5) is 10.6 Å². The van der Waals surface area contributed by atoms with Crippen LogP contribution < -0.4 is 5.32 Å². The normalized spacial score (nSPS) is 17.5. The van der Waals surface area contributed by atoms with Crippen LogP contribution in [0.3, 0.4) is 0 Å². The van der Waals surface area contributed by atoms with Crippen LogP contribution in [0.5, 0.6) is 0 Å². The lowest BCUT2D eigenvalue weighted by atomic mass is 10.2. The van der Waals surface area contributed by atoms with Gasteiger partial charge in [0, 0.05) is 6.54 Å². The van der Waals surface area contributed by atoms with Crippen molar-refractivity contribution in [2.75, 3.05) is 31.7 Å². The van der Waals surface area contributed by atoms with Crippen LogP contribution in [0.25, 0.3) is 0 Å². The Hall–Kier alpha value is -1.26. The number of ether oxygens (including phenoxy) is 2. The van der Waals surface area contributed by atoms with Gasteiger partial charge in [0.15, 0.2) is 5.82 Å². The monoisotopic (exact) mass is 464 g/mol. The fourth-order valence-electron chi connectivity index (χ4n) is 2.06. The van der Waals surface area contributed by atoms with Crippen molar-refractivity contribution >= 4 is 49.7 Å². The van der Waals surface area contributed by atoms with Crippen LogP contribution in [0, 0.1) is 0 Å². The molecule has 2 rings (SSSR count). The fourth-order valence-corrected chi connectivity index (χ4v) is 2.97. The Bertz CT molecular complexity index is 602. The maximum atomic E-state index is 12.5. The van der Waals surface area contributed by atoms with Crippen molar-refractivity contribution in [2.45, 2.75) is 25.8 Å². The molecule has 132 valence electrons. The van der Waals surface area contributed by atoms with Gasteiger partial charge in [0.05, 0.1) is 26.0 Å². The highest BCUT2D eigenvalue weighted by molar-refractivity contribution is 9.11. The molecule has 0 saturated carbocycles. The number of anilines is 1. The molecule has 0 spiro atoms. The zero-order valence-electron chi connectivity index (χ0n) is 13.1. The number of hydrogen-bond acceptors (Lipinski definition) is 6. The van der Waals surface area contributed by atoms with Crippen molar-refractivity contribution in [1.82, 2.24) is 14.9 Å². The third-order valence-corrected chi connectivity index (χ3v) is 4.27. The lowest BCUT2D eigenvalue weighted by Gasteiger charge is -2.33. The minimum absolute atomic E-state index is 0.107. The predicted molar refractivity (Wildman–Crippen MR) is 93.6 cm³/mol. The second-order valence-electron chi connectivity index (χ2n) is 5.07. The van der Waals surface area contributed by atoms with E-state index in [1.165, 1.54) is 11.1 Å². The summed E-state index contributed by atoms with van der Waals surface area (Å²) in [6.45, 7) is 3.13. The maximum absolute atomic E-state index is 12.5. The number of aromatic nitrogens is 2. The molecule has 1 aliphatic rings. The summed E-state index contributed by atoms with van der Waals surface area (Å²) >= 11 is 6.42. The van der Waals surface area contributed by atoms with E-state index in [0.29, 0.717) is 29.0 Å². The molecule has 1 N–H and O–H groups in total. The summed E-state index contributed by atoms with van der Waals surface area (Å²) in [5.41, 5.74) is 0. The quantitative estimate of drug-likeness (QED) is 0.671. The first-order chi connectivity index (χ1) is 11.5. The number of nitrogens with one attached hydrogen (secondary N) is 1. The number of morpholine rings is 1. The molecule has 1 aromatic heterocycles. The van der Waals surface area contributed by atoms with Crippen LogP contribution in [-0.4, -0.2) is 59.3 Å². The number of unbranched alkanes of at least 4 members (excludes halogenated alkanes) is 1. The van der Waals surface area contributed by atoms with E-state index in [9.17, 15) is 9.59 Å². The summed E-state index contributed by atoms with van der Waals surface area (Å²) in [4.78, 5) is 34.2. The molecular weight excluding hydrogens is 448 g/mol. The topological polar surface area (TPSA) is 93.6 Å². The van der Waals surface area contributed by atoms with Crippen LogP contribution in [0.15, 0.2) is 15.4 Å². The summed E-state index contributed by atoms with van der Waals surface area (Å²) in [5.74, 6) is -0.132. The molecule has 0 bridgehead atoms. The van der Waals surface area contributed by atoms with Gasteiger partial charge in [-0.1, -0.05) is 13.3 Å². The highest BCUT2D eigenvalue weighted by Crippen LogP contribution is 2.20. The Morgan fingerprint density at radius 1 is 1.50 bits per heavy atom. The second kappa shape index (κ2) is 9.28. The fraction of sp³-hybridized carbons (Fsp3) is 0.571. The lowest BCUT2D eigenvalue weighted by molar-refractivity contribution is -0.126. The van der Waals surface area contributed by atoms with Crippen molar-refractivity contribution < 1.29 is 19.1 Å². The SMILES string of the molecule is CCCCOC(=O)N1CCOCC1C(=O)Nc1ncc(Br)nc1Br. The largest absolute Gasteiger partial charge is 0.449 e. The zero-order chi connectivity index (χ0) is 17.5. The molecule has 10 heteroatoms. The number of rotatable bonds is 5. The van der Waals surface area contributed by atoms with E-state index >= 15 is 0 Å². The Morgan fingerprint density at radius 3 is 3.00 bits per heavy atom. The molecule has 2 amide bonds. The highest BCUT2D eigenvalue weighted by atomic mass is 79.9. The number of carbonyl (C=O) groups is 2. The molecule has 2 heterocycles. The van der Waals surface area contributed by atoms with E-state index in [4.69, 9.17) is 9.47 Å². The first-order valence-corrected chi connectivity index (χ1v) is 9.11. The molecule has 1 unspecified atom stereocenters. The Balaban J connectivity index is 2.03. The van der Waals surface area contributed by atoms with E-state index in [0.717, 1.165) is 12.8 Å². The number of amides is 2. The third-order valence-electron chi connectivity index (χ3n) is 3.33. The van der Waals surface area contributed by atoms with Gasteiger partial charge in [-0.05, 0) is 38.3 Å². The van der Waals surface area contributed by atoms with Crippen LogP contribution >= 0.6 is 31.9 Å². The minimum Gasteiger partial charge on any atom is -0.449 e. The molecular formula is C14H18Br2N4O4. The van der Waals surface area contributed by atoms with Crippen molar-refractivity contribution in [1.29, 1.82) is 0 Å². The van der Waals surface area contributed by atoms with Gasteiger partial charge >= 0.3 is 6.09 Å². The minimum atomic E-state index is -0.773. The average molecular weight is 466 g/mol. The number of nitrogens with zero attached hydrogens (tertiary/aromatic N) is 3. The molecule has 1 aromatic rings. The van der Waals surface area contributed by atoms with Gasteiger partial charge in [-0.15, -0.1) is 0 Å². The van der Waals surface area contributed by atoms with E-state index in [1.807, 2.05) is 6.92 Å². The Labute approximate surface area is 156 Å². The Morgan fingerprint density at radius 2 is 2.29 bits per heavy atom. The molecule has 1 atom stereocenters. The average Bonchev–Trinajstić information content (AvgIpc) is 2.57. The van der Waals surface area contributed by atoms with Crippen molar-refractivity contribution in [3.05, 3.63) is 15.4 Å². The van der Waals surface area contributed by atoms with Crippen LogP contribution in [-0.2, 0) is 14.3 Å². The second-order valence-corrected chi connectivity index (χ2v) is 6.64. The number of halogens is 2. The van der Waals surface area contributed by atoms with Gasteiger partial charge < -0.3 is 14.8 Å². The van der Waals surface area contributed by atoms with Gasteiger partial charge in [0.25, 0.3) is 5.91 Å².